The highest BCUT2D eigenvalue weighted by molar-refractivity contribution is 8.08. The Balaban J connectivity index is 1.99. The van der Waals surface area contributed by atoms with Gasteiger partial charge in [-0.2, -0.15) is 9.78 Å². The van der Waals surface area contributed by atoms with Crippen LogP contribution in [-0.4, -0.2) is 21.1 Å². The number of benzene rings is 1. The lowest BCUT2D eigenvalue weighted by molar-refractivity contribution is 0.747. The molecule has 6 heteroatoms. The van der Waals surface area contributed by atoms with Gasteiger partial charge in [0.15, 0.2) is 5.82 Å². The zero-order chi connectivity index (χ0) is 12.5. The third kappa shape index (κ3) is 2.07. The van der Waals surface area contributed by atoms with Crippen LogP contribution >= 0.6 is 23.4 Å². The van der Waals surface area contributed by atoms with Gasteiger partial charge in [-0.3, -0.25) is 0 Å². The number of fused-ring (bicyclic) bond motifs is 1. The van der Waals surface area contributed by atoms with Crippen molar-refractivity contribution in [2.45, 2.75) is 12.1 Å². The molecule has 2 aromatic rings. The summed E-state index contributed by atoms with van der Waals surface area (Å²) in [6.07, 6.45) is 3.71. The second-order valence-corrected chi connectivity index (χ2v) is 5.19. The second-order valence-electron chi connectivity index (χ2n) is 3.75. The molecule has 0 atom stereocenters. The fourth-order valence-corrected chi connectivity index (χ4v) is 2.66. The summed E-state index contributed by atoms with van der Waals surface area (Å²) in [7, 11) is 0. The Morgan fingerprint density at radius 2 is 1.94 bits per heavy atom. The van der Waals surface area contributed by atoms with Crippen LogP contribution in [0.5, 0.6) is 0 Å². The summed E-state index contributed by atoms with van der Waals surface area (Å²) in [4.78, 5) is 1.07. The highest BCUT2D eigenvalue weighted by Crippen LogP contribution is 2.34. The highest BCUT2D eigenvalue weighted by atomic mass is 35.5. The van der Waals surface area contributed by atoms with E-state index in [0.29, 0.717) is 0 Å². The van der Waals surface area contributed by atoms with Gasteiger partial charge in [-0.15, -0.1) is 10.2 Å². The Morgan fingerprint density at radius 1 is 1.17 bits per heavy atom. The molecule has 1 aliphatic heterocycles. The molecule has 0 radical (unpaired) electrons. The summed E-state index contributed by atoms with van der Waals surface area (Å²) in [6.45, 7) is 1.88. The van der Waals surface area contributed by atoms with E-state index in [2.05, 4.69) is 15.3 Å². The molecule has 1 aromatic carbocycles. The number of hydrogen-bond acceptors (Lipinski definition) is 4. The van der Waals surface area contributed by atoms with Gasteiger partial charge in [0.1, 0.15) is 0 Å². The van der Waals surface area contributed by atoms with E-state index >= 15 is 0 Å². The van der Waals surface area contributed by atoms with Crippen LogP contribution < -0.4 is 0 Å². The van der Waals surface area contributed by atoms with E-state index in [0.717, 1.165) is 26.5 Å². The van der Waals surface area contributed by atoms with Crippen molar-refractivity contribution in [3.8, 4) is 0 Å². The van der Waals surface area contributed by atoms with Crippen LogP contribution in [0.2, 0.25) is 5.02 Å². The van der Waals surface area contributed by atoms with E-state index in [-0.39, 0.29) is 0 Å². The maximum atomic E-state index is 5.89. The first-order chi connectivity index (χ1) is 8.74. The molecule has 3 rings (SSSR count). The van der Waals surface area contributed by atoms with Crippen molar-refractivity contribution < 1.29 is 0 Å². The van der Waals surface area contributed by atoms with Crippen LogP contribution in [0.25, 0.3) is 4.91 Å². The zero-order valence-electron chi connectivity index (χ0n) is 9.54. The number of aromatic nitrogens is 3. The minimum Gasteiger partial charge on any atom is -0.192 e. The van der Waals surface area contributed by atoms with Crippen molar-refractivity contribution >= 4 is 34.5 Å². The molecule has 90 valence electrons. The lowest BCUT2D eigenvalue weighted by Gasteiger charge is -2.04. The maximum Gasteiger partial charge on any atom is 0.216 e. The van der Waals surface area contributed by atoms with Crippen LogP contribution in [0.4, 0.5) is 0 Å². The van der Waals surface area contributed by atoms with Crippen LogP contribution in [0.15, 0.2) is 40.6 Å². The molecule has 0 saturated heterocycles. The molecule has 0 spiro atoms. The Hall–Kier alpha value is -1.59. The molecule has 1 aromatic heterocycles. The quantitative estimate of drug-likeness (QED) is 0.803. The standard InChI is InChI=1S/C12H9ClN4S/c1-8-15-16-12-17(8)14-7-6-11(18-12)9-2-4-10(13)5-3-9/h2-7H,1H3. The van der Waals surface area contributed by atoms with E-state index in [1.165, 1.54) is 11.8 Å². The van der Waals surface area contributed by atoms with Gasteiger partial charge in [-0.25, -0.2) is 0 Å². The lowest BCUT2D eigenvalue weighted by Crippen LogP contribution is -1.92. The second kappa shape index (κ2) is 4.59. The third-order valence-electron chi connectivity index (χ3n) is 2.51. The van der Waals surface area contributed by atoms with Crippen molar-refractivity contribution in [3.63, 3.8) is 0 Å². The first-order valence-electron chi connectivity index (χ1n) is 5.34. The van der Waals surface area contributed by atoms with Gasteiger partial charge in [0.05, 0.1) is 0 Å². The Bertz CT molecular complexity index is 643. The largest absolute Gasteiger partial charge is 0.216 e. The van der Waals surface area contributed by atoms with E-state index in [9.17, 15) is 0 Å². The summed E-state index contributed by atoms with van der Waals surface area (Å²) in [5.41, 5.74) is 1.09. The third-order valence-corrected chi connectivity index (χ3v) is 3.79. The summed E-state index contributed by atoms with van der Waals surface area (Å²) in [6, 6.07) is 7.70. The number of nitrogens with zero attached hydrogens (tertiary/aromatic N) is 4. The SMILES string of the molecule is Cc1nnc2n1N=CC=C(c1ccc(Cl)cc1)S2. The Kier molecular flexibility index (Phi) is 2.93. The molecule has 0 unspecified atom stereocenters. The van der Waals surface area contributed by atoms with E-state index in [1.807, 2.05) is 37.3 Å². The molecule has 0 aliphatic carbocycles. The summed E-state index contributed by atoms with van der Waals surface area (Å²) in [5.74, 6) is 0.777. The monoisotopic (exact) mass is 276 g/mol. The molecular weight excluding hydrogens is 268 g/mol. The van der Waals surface area contributed by atoms with E-state index < -0.39 is 0 Å². The first-order valence-corrected chi connectivity index (χ1v) is 6.54. The molecular formula is C12H9ClN4S. The van der Waals surface area contributed by atoms with Crippen molar-refractivity contribution in [2.24, 2.45) is 5.10 Å². The molecule has 0 fully saturated rings. The van der Waals surface area contributed by atoms with Gasteiger partial charge in [-0.05, 0) is 42.5 Å². The lowest BCUT2D eigenvalue weighted by atomic mass is 10.2. The van der Waals surface area contributed by atoms with Crippen molar-refractivity contribution in [2.75, 3.05) is 0 Å². The molecule has 0 saturated carbocycles. The van der Waals surface area contributed by atoms with Gasteiger partial charge >= 0.3 is 0 Å². The van der Waals surface area contributed by atoms with Crippen molar-refractivity contribution in [1.29, 1.82) is 0 Å². The average Bonchev–Trinajstić information content (AvgIpc) is 2.62. The van der Waals surface area contributed by atoms with E-state index in [1.54, 1.807) is 10.9 Å². The van der Waals surface area contributed by atoms with Crippen LogP contribution in [0.3, 0.4) is 0 Å². The van der Waals surface area contributed by atoms with Crippen molar-refractivity contribution in [1.82, 2.24) is 14.9 Å². The van der Waals surface area contributed by atoms with Gasteiger partial charge in [-0.1, -0.05) is 23.7 Å². The van der Waals surface area contributed by atoms with Crippen LogP contribution in [0, 0.1) is 6.92 Å². The number of aryl methyl sites for hydroxylation is 1. The molecule has 0 amide bonds. The average molecular weight is 277 g/mol. The van der Waals surface area contributed by atoms with Gasteiger partial charge < -0.3 is 0 Å². The Labute approximate surface area is 113 Å². The zero-order valence-corrected chi connectivity index (χ0v) is 11.1. The number of halogens is 1. The predicted octanol–water partition coefficient (Wildman–Crippen LogP) is 3.22. The van der Waals surface area contributed by atoms with Gasteiger partial charge in [0.2, 0.25) is 5.16 Å². The molecule has 1 aliphatic rings. The number of allylic oxidation sites excluding steroid dienone is 1. The smallest absolute Gasteiger partial charge is 0.192 e. The molecule has 0 N–H and O–H groups in total. The molecule has 4 nitrogen and oxygen atoms in total. The minimum absolute atomic E-state index is 0.727. The Morgan fingerprint density at radius 3 is 2.72 bits per heavy atom. The fourth-order valence-electron chi connectivity index (χ4n) is 1.60. The number of thioether (sulfide) groups is 1. The van der Waals surface area contributed by atoms with E-state index in [4.69, 9.17) is 11.6 Å². The van der Waals surface area contributed by atoms with Crippen molar-refractivity contribution in [3.05, 3.63) is 46.8 Å². The topological polar surface area (TPSA) is 43.1 Å². The summed E-state index contributed by atoms with van der Waals surface area (Å²) in [5, 5.41) is 13.9. The molecule has 0 bridgehead atoms. The first kappa shape index (κ1) is 11.5. The predicted molar refractivity (Wildman–Crippen MR) is 73.9 cm³/mol. The summed E-state index contributed by atoms with van der Waals surface area (Å²) >= 11 is 7.43. The van der Waals surface area contributed by atoms with Crippen LogP contribution in [-0.2, 0) is 0 Å². The summed E-state index contributed by atoms with van der Waals surface area (Å²) < 4.78 is 1.73. The number of rotatable bonds is 1. The maximum absolute atomic E-state index is 5.89. The fraction of sp³-hybridized carbons (Fsp3) is 0.0833. The molecule has 18 heavy (non-hydrogen) atoms. The number of hydrogen-bond donors (Lipinski definition) is 0. The molecule has 2 heterocycles. The van der Waals surface area contributed by atoms with Gasteiger partial charge in [0, 0.05) is 16.1 Å². The van der Waals surface area contributed by atoms with Crippen LogP contribution in [0.1, 0.15) is 11.4 Å². The normalized spacial score (nSPS) is 14.0. The van der Waals surface area contributed by atoms with Gasteiger partial charge in [0.25, 0.3) is 0 Å². The highest BCUT2D eigenvalue weighted by Gasteiger charge is 2.14. The minimum atomic E-state index is 0.727.